The van der Waals surface area contributed by atoms with Crippen molar-refractivity contribution >= 4 is 21.7 Å². The smallest absolute Gasteiger partial charge is 0.234 e. The zero-order valence-electron chi connectivity index (χ0n) is 13.4. The van der Waals surface area contributed by atoms with Crippen LogP contribution in [0.3, 0.4) is 0 Å². The fourth-order valence-corrected chi connectivity index (χ4v) is 2.90. The number of halogens is 1. The molecule has 3 nitrogen and oxygen atoms in total. The first-order chi connectivity index (χ1) is 10.5. The molecule has 0 saturated carbocycles. The number of fused-ring (bicyclic) bond motifs is 1. The quantitative estimate of drug-likeness (QED) is 0.637. The molecule has 0 aliphatic carbocycles. The number of imidazole rings is 1. The van der Waals surface area contributed by atoms with Gasteiger partial charge in [0.25, 0.3) is 0 Å². The molecule has 0 radical (unpaired) electrons. The van der Waals surface area contributed by atoms with E-state index in [1.807, 2.05) is 11.3 Å². The summed E-state index contributed by atoms with van der Waals surface area (Å²) < 4.78 is 3.07. The minimum absolute atomic E-state index is 0.595. The van der Waals surface area contributed by atoms with Gasteiger partial charge in [-0.05, 0) is 47.7 Å². The lowest BCUT2D eigenvalue weighted by Gasteiger charge is -2.08. The van der Waals surface area contributed by atoms with E-state index in [0.717, 1.165) is 39.3 Å². The van der Waals surface area contributed by atoms with Gasteiger partial charge in [0.05, 0.1) is 15.9 Å². The summed E-state index contributed by atoms with van der Waals surface area (Å²) in [7, 11) is 0. The van der Waals surface area contributed by atoms with Crippen LogP contribution < -0.4 is 0 Å². The summed E-state index contributed by atoms with van der Waals surface area (Å²) in [6, 6.07) is 8.71. The molecule has 0 saturated heterocycles. The predicted octanol–water partition coefficient (Wildman–Crippen LogP) is 5.29. The third-order valence-electron chi connectivity index (χ3n) is 4.34. The summed E-state index contributed by atoms with van der Waals surface area (Å²) in [5, 5.41) is 0. The Kier molecular flexibility index (Phi) is 4.04. The van der Waals surface area contributed by atoms with Gasteiger partial charge in [-0.2, -0.15) is 0 Å². The van der Waals surface area contributed by atoms with Gasteiger partial charge in [0.15, 0.2) is 0 Å². The monoisotopic (exact) mass is 357 g/mol. The van der Waals surface area contributed by atoms with Crippen molar-refractivity contribution in [3.8, 4) is 11.3 Å². The van der Waals surface area contributed by atoms with E-state index in [2.05, 4.69) is 77.1 Å². The van der Waals surface area contributed by atoms with Crippen LogP contribution in [0.2, 0.25) is 0 Å². The van der Waals surface area contributed by atoms with E-state index in [1.165, 1.54) is 5.56 Å². The van der Waals surface area contributed by atoms with Gasteiger partial charge in [-0.25, -0.2) is 9.97 Å². The molecule has 4 heteroatoms. The highest BCUT2D eigenvalue weighted by Gasteiger charge is 2.11. The first-order valence-electron chi connectivity index (χ1n) is 7.63. The lowest BCUT2D eigenvalue weighted by Crippen LogP contribution is -1.97. The highest BCUT2D eigenvalue weighted by molar-refractivity contribution is 9.10. The van der Waals surface area contributed by atoms with Gasteiger partial charge in [-0.3, -0.25) is 4.40 Å². The van der Waals surface area contributed by atoms with Gasteiger partial charge < -0.3 is 0 Å². The predicted molar refractivity (Wildman–Crippen MR) is 94.3 cm³/mol. The molecule has 1 aromatic carbocycles. The van der Waals surface area contributed by atoms with Crippen molar-refractivity contribution in [2.75, 3.05) is 0 Å². The fraction of sp³-hybridized carbons (Fsp3) is 0.333. The van der Waals surface area contributed by atoms with Crippen LogP contribution in [0.15, 0.2) is 34.9 Å². The highest BCUT2D eigenvalue weighted by atomic mass is 79.9. The second-order valence-corrected chi connectivity index (χ2v) is 6.62. The van der Waals surface area contributed by atoms with Crippen LogP contribution in [0, 0.1) is 13.8 Å². The van der Waals surface area contributed by atoms with Gasteiger partial charge in [0, 0.05) is 17.5 Å². The zero-order chi connectivity index (χ0) is 15.9. The molecule has 1 atom stereocenters. The number of rotatable bonds is 3. The normalized spacial score (nSPS) is 12.8. The van der Waals surface area contributed by atoms with Crippen molar-refractivity contribution in [1.29, 1.82) is 0 Å². The van der Waals surface area contributed by atoms with Crippen molar-refractivity contribution in [1.82, 2.24) is 14.4 Å². The van der Waals surface area contributed by atoms with Crippen LogP contribution >= 0.6 is 15.9 Å². The van der Waals surface area contributed by atoms with E-state index in [9.17, 15) is 0 Å². The Hall–Kier alpha value is -1.68. The Bertz CT molecular complexity index is 818. The van der Waals surface area contributed by atoms with Crippen LogP contribution in [0.5, 0.6) is 0 Å². The molecule has 0 fully saturated rings. The average molecular weight is 358 g/mol. The van der Waals surface area contributed by atoms with Gasteiger partial charge in [-0.15, -0.1) is 0 Å². The Morgan fingerprint density at radius 2 is 1.82 bits per heavy atom. The average Bonchev–Trinajstić information content (AvgIpc) is 2.96. The molecule has 114 valence electrons. The lowest BCUT2D eigenvalue weighted by atomic mass is 9.97. The van der Waals surface area contributed by atoms with Crippen LogP contribution in [-0.4, -0.2) is 14.4 Å². The topological polar surface area (TPSA) is 30.2 Å². The summed E-state index contributed by atoms with van der Waals surface area (Å²) in [6.07, 6.45) is 3.21. The highest BCUT2D eigenvalue weighted by Crippen LogP contribution is 2.26. The summed E-state index contributed by atoms with van der Waals surface area (Å²) >= 11 is 3.59. The summed E-state index contributed by atoms with van der Waals surface area (Å²) in [5.74, 6) is 1.34. The number of hydrogen-bond donors (Lipinski definition) is 0. The van der Waals surface area contributed by atoms with Crippen LogP contribution in [0.4, 0.5) is 0 Å². The Balaban J connectivity index is 2.05. The first kappa shape index (κ1) is 15.2. The minimum atomic E-state index is 0.595. The van der Waals surface area contributed by atoms with Crippen LogP contribution in [0.1, 0.15) is 43.1 Å². The van der Waals surface area contributed by atoms with Crippen molar-refractivity contribution < 1.29 is 0 Å². The van der Waals surface area contributed by atoms with Gasteiger partial charge in [0.1, 0.15) is 0 Å². The Morgan fingerprint density at radius 1 is 1.14 bits per heavy atom. The molecule has 22 heavy (non-hydrogen) atoms. The first-order valence-corrected chi connectivity index (χ1v) is 8.42. The molecule has 3 rings (SSSR count). The molecule has 3 aromatic rings. The van der Waals surface area contributed by atoms with Gasteiger partial charge in [-0.1, -0.05) is 38.1 Å². The van der Waals surface area contributed by atoms with E-state index < -0.39 is 0 Å². The Morgan fingerprint density at radius 3 is 2.45 bits per heavy atom. The van der Waals surface area contributed by atoms with E-state index in [0.29, 0.717) is 5.92 Å². The number of hydrogen-bond acceptors (Lipinski definition) is 2. The van der Waals surface area contributed by atoms with E-state index in [4.69, 9.17) is 0 Å². The number of aromatic nitrogens is 3. The molecule has 1 unspecified atom stereocenters. The molecule has 0 N–H and O–H groups in total. The number of aryl methyl sites for hydroxylation is 2. The number of benzene rings is 1. The van der Waals surface area contributed by atoms with E-state index in [1.54, 1.807) is 0 Å². The molecule has 0 aliphatic heterocycles. The molecule has 0 amide bonds. The zero-order valence-corrected chi connectivity index (χ0v) is 15.0. The van der Waals surface area contributed by atoms with E-state index >= 15 is 0 Å². The molecule has 0 spiro atoms. The van der Waals surface area contributed by atoms with Gasteiger partial charge >= 0.3 is 0 Å². The second kappa shape index (κ2) is 5.84. The summed E-state index contributed by atoms with van der Waals surface area (Å²) in [6.45, 7) is 8.54. The third kappa shape index (κ3) is 2.56. The number of nitrogens with zero attached hydrogens (tertiary/aromatic N) is 3. The minimum Gasteiger partial charge on any atom is -0.287 e. The molecule has 2 aromatic heterocycles. The summed E-state index contributed by atoms with van der Waals surface area (Å²) in [4.78, 5) is 9.22. The molecular weight excluding hydrogens is 338 g/mol. The maximum absolute atomic E-state index is 4.67. The molecule has 2 heterocycles. The van der Waals surface area contributed by atoms with E-state index in [-0.39, 0.29) is 0 Å². The maximum Gasteiger partial charge on any atom is 0.234 e. The molecule has 0 bridgehead atoms. The van der Waals surface area contributed by atoms with Crippen molar-refractivity contribution in [3.05, 3.63) is 51.9 Å². The Labute approximate surface area is 139 Å². The molecule has 0 aliphatic rings. The second-order valence-electron chi connectivity index (χ2n) is 5.82. The standard InChI is InChI=1S/C18H20BrN3/c1-5-11(2)14-6-8-15(9-7-14)16-10-22-13(4)17(19)12(3)20-18(22)21-16/h6-11H,5H2,1-4H3. The SMILES string of the molecule is CCC(C)c1ccc(-c2cn3c(C)c(Br)c(C)nc3n2)cc1. The molecular formula is C18H20BrN3. The van der Waals surface area contributed by atoms with Crippen molar-refractivity contribution in [3.63, 3.8) is 0 Å². The van der Waals surface area contributed by atoms with Crippen LogP contribution in [0.25, 0.3) is 17.0 Å². The summed E-state index contributed by atoms with van der Waals surface area (Å²) in [5.41, 5.74) is 5.56. The van der Waals surface area contributed by atoms with Crippen LogP contribution in [-0.2, 0) is 0 Å². The maximum atomic E-state index is 4.67. The lowest BCUT2D eigenvalue weighted by molar-refractivity contribution is 0.734. The van der Waals surface area contributed by atoms with Crippen molar-refractivity contribution in [2.24, 2.45) is 0 Å². The van der Waals surface area contributed by atoms with Gasteiger partial charge in [0.2, 0.25) is 5.78 Å². The van der Waals surface area contributed by atoms with Crippen molar-refractivity contribution in [2.45, 2.75) is 40.0 Å². The largest absolute Gasteiger partial charge is 0.287 e. The third-order valence-corrected chi connectivity index (χ3v) is 5.49. The fourth-order valence-electron chi connectivity index (χ4n) is 2.62.